The van der Waals surface area contributed by atoms with Gasteiger partial charge in [0.1, 0.15) is 0 Å². The molecule has 1 atom stereocenters. The van der Waals surface area contributed by atoms with Crippen LogP contribution in [0.3, 0.4) is 0 Å². The van der Waals surface area contributed by atoms with Crippen molar-refractivity contribution in [3.63, 3.8) is 0 Å². The number of benzene rings is 3. The molecular formula is C28H26N2O5S. The molecule has 1 saturated heterocycles. The minimum absolute atomic E-state index is 0.143. The van der Waals surface area contributed by atoms with Crippen LogP contribution in [0, 0.1) is 0 Å². The van der Waals surface area contributed by atoms with Crippen molar-refractivity contribution in [3.05, 3.63) is 94.9 Å². The van der Waals surface area contributed by atoms with E-state index in [9.17, 15) is 9.59 Å². The molecule has 1 amide bonds. The molecule has 1 N–H and O–H groups in total. The lowest BCUT2D eigenvalue weighted by Gasteiger charge is -2.24. The predicted octanol–water partition coefficient (Wildman–Crippen LogP) is 5.91. The molecule has 0 aromatic heterocycles. The smallest absolute Gasteiger partial charge is 0.341 e. The number of hydrogen-bond acceptors (Lipinski definition) is 6. The Hall–Kier alpha value is -4.04. The Kier molecular flexibility index (Phi) is 8.07. The topological polar surface area (TPSA) is 88.4 Å². The Morgan fingerprint density at radius 1 is 1.03 bits per heavy atom. The average Bonchev–Trinajstić information content (AvgIpc) is 3.18. The summed E-state index contributed by atoms with van der Waals surface area (Å²) in [6.45, 7) is 3.73. The van der Waals surface area contributed by atoms with Gasteiger partial charge in [0, 0.05) is 0 Å². The summed E-state index contributed by atoms with van der Waals surface area (Å²) in [6.07, 6.45) is 1.79. The molecule has 8 heteroatoms. The molecule has 3 aromatic rings. The second-order valence-corrected chi connectivity index (χ2v) is 8.93. The van der Waals surface area contributed by atoms with Gasteiger partial charge in [-0.25, -0.2) is 9.79 Å². The van der Waals surface area contributed by atoms with Crippen molar-refractivity contribution < 1.29 is 24.2 Å². The van der Waals surface area contributed by atoms with Crippen molar-refractivity contribution in [3.8, 4) is 11.5 Å². The fourth-order valence-electron chi connectivity index (χ4n) is 3.69. The number of hydrogen-bond donors (Lipinski definition) is 1. The van der Waals surface area contributed by atoms with Crippen LogP contribution >= 0.6 is 11.8 Å². The number of carbonyl (C=O) groups is 2. The van der Waals surface area contributed by atoms with Gasteiger partial charge in [0.15, 0.2) is 23.3 Å². The third kappa shape index (κ3) is 5.95. The van der Waals surface area contributed by atoms with E-state index in [4.69, 9.17) is 19.6 Å². The zero-order chi connectivity index (χ0) is 25.5. The minimum atomic E-state index is -1.07. The van der Waals surface area contributed by atoms with Crippen LogP contribution in [0.1, 0.15) is 31.0 Å². The minimum Gasteiger partial charge on any atom is -0.490 e. The number of para-hydroxylation sites is 1. The summed E-state index contributed by atoms with van der Waals surface area (Å²) in [5.74, 6) is -0.474. The summed E-state index contributed by atoms with van der Waals surface area (Å²) in [5.41, 5.74) is 2.50. The Bertz CT molecular complexity index is 1290. The van der Waals surface area contributed by atoms with Gasteiger partial charge < -0.3 is 14.6 Å². The number of rotatable bonds is 9. The molecule has 4 rings (SSSR count). The summed E-state index contributed by atoms with van der Waals surface area (Å²) in [4.78, 5) is 31.5. The fraction of sp³-hybridized carbons (Fsp3) is 0.179. The zero-order valence-electron chi connectivity index (χ0n) is 20.0. The lowest BCUT2D eigenvalue weighted by molar-refractivity contribution is -0.139. The van der Waals surface area contributed by atoms with E-state index in [2.05, 4.69) is 0 Å². The normalized spacial score (nSPS) is 16.4. The molecule has 0 unspecified atom stereocenters. The van der Waals surface area contributed by atoms with Crippen molar-refractivity contribution in [1.29, 1.82) is 0 Å². The van der Waals surface area contributed by atoms with Gasteiger partial charge in [-0.15, -0.1) is 0 Å². The zero-order valence-corrected chi connectivity index (χ0v) is 20.8. The maximum Gasteiger partial charge on any atom is 0.341 e. The molecule has 0 saturated carbocycles. The molecule has 1 aliphatic heterocycles. The van der Waals surface area contributed by atoms with E-state index in [-0.39, 0.29) is 11.9 Å². The summed E-state index contributed by atoms with van der Waals surface area (Å²) in [7, 11) is 0. The maximum absolute atomic E-state index is 13.6. The molecule has 1 aliphatic rings. The quantitative estimate of drug-likeness (QED) is 0.366. The van der Waals surface area contributed by atoms with Crippen LogP contribution in [0.5, 0.6) is 11.5 Å². The highest BCUT2D eigenvalue weighted by molar-refractivity contribution is 8.18. The van der Waals surface area contributed by atoms with Crippen LogP contribution in [-0.2, 0) is 9.59 Å². The highest BCUT2D eigenvalue weighted by Crippen LogP contribution is 2.40. The summed E-state index contributed by atoms with van der Waals surface area (Å²) >= 11 is 1.31. The maximum atomic E-state index is 13.6. The van der Waals surface area contributed by atoms with Gasteiger partial charge in [-0.05, 0) is 67.1 Å². The number of carboxylic acid groups (broad SMARTS) is 1. The largest absolute Gasteiger partial charge is 0.490 e. The Labute approximate surface area is 214 Å². The molecule has 184 valence electrons. The molecule has 0 spiro atoms. The molecule has 1 fully saturated rings. The van der Waals surface area contributed by atoms with Gasteiger partial charge in [-0.1, -0.05) is 54.6 Å². The third-order valence-electron chi connectivity index (χ3n) is 5.40. The van der Waals surface area contributed by atoms with Crippen LogP contribution in [0.15, 0.2) is 88.8 Å². The summed E-state index contributed by atoms with van der Waals surface area (Å²) in [6, 6.07) is 24.3. The first-order valence-electron chi connectivity index (χ1n) is 11.5. The molecule has 0 aliphatic carbocycles. The Balaban J connectivity index is 1.69. The molecule has 36 heavy (non-hydrogen) atoms. The number of amidine groups is 1. The number of amides is 1. The lowest BCUT2D eigenvalue weighted by atomic mass is 10.1. The van der Waals surface area contributed by atoms with Gasteiger partial charge in [0.05, 0.1) is 23.2 Å². The number of thioether (sulfide) groups is 1. The highest BCUT2D eigenvalue weighted by Gasteiger charge is 2.37. The van der Waals surface area contributed by atoms with Crippen LogP contribution in [-0.4, -0.2) is 40.3 Å². The number of aliphatic imine (C=N–C) groups is 1. The van der Waals surface area contributed by atoms with E-state index >= 15 is 0 Å². The predicted molar refractivity (Wildman–Crippen MR) is 142 cm³/mol. The van der Waals surface area contributed by atoms with Crippen LogP contribution in [0.25, 0.3) is 6.08 Å². The van der Waals surface area contributed by atoms with Gasteiger partial charge >= 0.3 is 5.97 Å². The number of nitrogens with zero attached hydrogens (tertiary/aromatic N) is 2. The van der Waals surface area contributed by atoms with Crippen molar-refractivity contribution in [2.75, 3.05) is 13.2 Å². The first kappa shape index (κ1) is 25.1. The van der Waals surface area contributed by atoms with E-state index in [1.165, 1.54) is 11.8 Å². The SMILES string of the molecule is CCOc1cc(/C=C2/SC(=Nc3ccccc3)N([C@@H](C)c3ccccc3)C2=O)ccc1OCC(=O)O. The number of ether oxygens (including phenoxy) is 2. The number of carbonyl (C=O) groups excluding carboxylic acids is 1. The first-order chi connectivity index (χ1) is 17.5. The number of aliphatic carboxylic acids is 1. The van der Waals surface area contributed by atoms with Gasteiger partial charge in [0.25, 0.3) is 5.91 Å². The fourth-order valence-corrected chi connectivity index (χ4v) is 4.76. The molecule has 0 bridgehead atoms. The lowest BCUT2D eigenvalue weighted by Crippen LogP contribution is -2.32. The summed E-state index contributed by atoms with van der Waals surface area (Å²) in [5, 5.41) is 9.52. The van der Waals surface area contributed by atoms with Crippen LogP contribution in [0.4, 0.5) is 5.69 Å². The highest BCUT2D eigenvalue weighted by atomic mass is 32.2. The molecular weight excluding hydrogens is 476 g/mol. The molecule has 0 radical (unpaired) electrons. The average molecular weight is 503 g/mol. The van der Waals surface area contributed by atoms with E-state index in [0.717, 1.165) is 16.8 Å². The Morgan fingerprint density at radius 2 is 1.72 bits per heavy atom. The Morgan fingerprint density at radius 3 is 2.39 bits per heavy atom. The van der Waals surface area contributed by atoms with Crippen molar-refractivity contribution in [2.24, 2.45) is 4.99 Å². The standard InChI is InChI=1S/C28H26N2O5S/c1-3-34-24-16-20(14-15-23(24)35-18-26(31)32)17-25-27(33)30(19(2)21-10-6-4-7-11-21)28(36-25)29-22-12-8-5-9-13-22/h4-17,19H,3,18H2,1-2H3,(H,31,32)/b25-17+,29-28?/t19-/m0/s1. The molecule has 1 heterocycles. The van der Waals surface area contributed by atoms with E-state index < -0.39 is 12.6 Å². The first-order valence-corrected chi connectivity index (χ1v) is 12.3. The number of carboxylic acids is 1. The van der Waals surface area contributed by atoms with Crippen molar-refractivity contribution in [2.45, 2.75) is 19.9 Å². The van der Waals surface area contributed by atoms with Gasteiger partial charge in [-0.3, -0.25) is 9.69 Å². The van der Waals surface area contributed by atoms with E-state index in [1.807, 2.05) is 74.5 Å². The van der Waals surface area contributed by atoms with Gasteiger partial charge in [0.2, 0.25) is 0 Å². The van der Waals surface area contributed by atoms with Gasteiger partial charge in [-0.2, -0.15) is 0 Å². The second-order valence-electron chi connectivity index (χ2n) is 7.92. The second kappa shape index (κ2) is 11.6. The monoisotopic (exact) mass is 502 g/mol. The van der Waals surface area contributed by atoms with Crippen molar-refractivity contribution in [1.82, 2.24) is 4.90 Å². The van der Waals surface area contributed by atoms with E-state index in [1.54, 1.807) is 29.2 Å². The molecule has 7 nitrogen and oxygen atoms in total. The van der Waals surface area contributed by atoms with Crippen LogP contribution in [0.2, 0.25) is 0 Å². The third-order valence-corrected chi connectivity index (χ3v) is 6.39. The van der Waals surface area contributed by atoms with Crippen LogP contribution < -0.4 is 9.47 Å². The van der Waals surface area contributed by atoms with E-state index in [0.29, 0.717) is 28.2 Å². The van der Waals surface area contributed by atoms with Crippen molar-refractivity contribution >= 4 is 40.6 Å². The summed E-state index contributed by atoms with van der Waals surface area (Å²) < 4.78 is 11.0. The molecule has 3 aromatic carbocycles.